The summed E-state index contributed by atoms with van der Waals surface area (Å²) in [6.45, 7) is 6.00. The van der Waals surface area contributed by atoms with Crippen LogP contribution in [0.4, 0.5) is 4.79 Å². The molecule has 132 valence electrons. The fourth-order valence-electron chi connectivity index (χ4n) is 2.45. The van der Waals surface area contributed by atoms with E-state index in [9.17, 15) is 14.4 Å². The smallest absolute Gasteiger partial charge is 0.410 e. The molecule has 1 aromatic rings. The third-order valence-electron chi connectivity index (χ3n) is 3.56. The first kappa shape index (κ1) is 17.6. The highest BCUT2D eigenvalue weighted by Gasteiger charge is 2.31. The number of aromatic nitrogens is 2. The lowest BCUT2D eigenvalue weighted by atomic mass is 10.2. The fraction of sp³-hybridized carbons (Fsp3) is 0.571. The van der Waals surface area contributed by atoms with Gasteiger partial charge in [0.1, 0.15) is 11.2 Å². The predicted molar refractivity (Wildman–Crippen MR) is 85.3 cm³/mol. The van der Waals surface area contributed by atoms with Crippen molar-refractivity contribution in [3.63, 3.8) is 0 Å². The molecular formula is C14H21N5O5. The zero-order valence-corrected chi connectivity index (χ0v) is 13.8. The van der Waals surface area contributed by atoms with Crippen molar-refractivity contribution in [3.05, 3.63) is 32.6 Å². The van der Waals surface area contributed by atoms with Gasteiger partial charge in [-0.25, -0.2) is 9.59 Å². The van der Waals surface area contributed by atoms with Gasteiger partial charge in [0.25, 0.3) is 5.56 Å². The molecule has 2 rings (SSSR count). The Morgan fingerprint density at radius 2 is 2.12 bits per heavy atom. The molecule has 1 aromatic heterocycles. The molecule has 0 radical (unpaired) electrons. The van der Waals surface area contributed by atoms with Crippen molar-refractivity contribution in [2.75, 3.05) is 13.1 Å². The van der Waals surface area contributed by atoms with Gasteiger partial charge in [0.2, 0.25) is 0 Å². The number of nitrogens with two attached hydrogens (primary N) is 1. The number of carbonyl (C=O) groups is 1. The molecule has 10 heteroatoms. The maximum atomic E-state index is 12.1. The molecule has 0 saturated carbocycles. The molecule has 4 N–H and O–H groups in total. The number of hydrogen-bond donors (Lipinski definition) is 3. The number of hydrogen-bond acceptors (Lipinski definition) is 6. The van der Waals surface area contributed by atoms with E-state index in [1.54, 1.807) is 20.8 Å². The van der Waals surface area contributed by atoms with Gasteiger partial charge >= 0.3 is 11.8 Å². The number of nitrogens with one attached hydrogen (secondary N) is 1. The Kier molecular flexibility index (Phi) is 4.67. The summed E-state index contributed by atoms with van der Waals surface area (Å²) in [6.07, 6.45) is 1.29. The van der Waals surface area contributed by atoms with Gasteiger partial charge in [0.15, 0.2) is 5.84 Å². The number of aromatic amines is 1. The SMILES string of the molecule is CC(C)(C)OC(=O)N1CC[C@H](n2cc(C(N)=NO)c(=O)[nH]c2=O)C1. The summed E-state index contributed by atoms with van der Waals surface area (Å²) in [7, 11) is 0. The number of nitrogens with zero attached hydrogens (tertiary/aromatic N) is 3. The Labute approximate surface area is 137 Å². The van der Waals surface area contributed by atoms with E-state index < -0.39 is 28.8 Å². The van der Waals surface area contributed by atoms with Gasteiger partial charge < -0.3 is 20.6 Å². The van der Waals surface area contributed by atoms with Crippen LogP contribution in [0.5, 0.6) is 0 Å². The van der Waals surface area contributed by atoms with E-state index in [0.29, 0.717) is 13.0 Å². The Bertz CT molecular complexity index is 773. The van der Waals surface area contributed by atoms with E-state index in [0.717, 1.165) is 0 Å². The summed E-state index contributed by atoms with van der Waals surface area (Å²) < 4.78 is 6.58. The van der Waals surface area contributed by atoms with Crippen LogP contribution in [0.15, 0.2) is 20.9 Å². The zero-order valence-electron chi connectivity index (χ0n) is 13.8. The van der Waals surface area contributed by atoms with Gasteiger partial charge in [-0.05, 0) is 27.2 Å². The molecule has 0 bridgehead atoms. The fourth-order valence-corrected chi connectivity index (χ4v) is 2.45. The minimum Gasteiger partial charge on any atom is -0.444 e. The van der Waals surface area contributed by atoms with Gasteiger partial charge in [0, 0.05) is 19.3 Å². The van der Waals surface area contributed by atoms with E-state index in [1.807, 2.05) is 0 Å². The Hall–Kier alpha value is -2.78. The topological polar surface area (TPSA) is 143 Å². The highest BCUT2D eigenvalue weighted by atomic mass is 16.6. The largest absolute Gasteiger partial charge is 0.444 e. The third kappa shape index (κ3) is 3.76. The highest BCUT2D eigenvalue weighted by molar-refractivity contribution is 5.96. The molecular weight excluding hydrogens is 318 g/mol. The molecule has 0 aliphatic carbocycles. The van der Waals surface area contributed by atoms with Crippen molar-refractivity contribution >= 4 is 11.9 Å². The van der Waals surface area contributed by atoms with Crippen LogP contribution in [0.25, 0.3) is 0 Å². The average molecular weight is 339 g/mol. The second-order valence-corrected chi connectivity index (χ2v) is 6.56. The lowest BCUT2D eigenvalue weighted by molar-refractivity contribution is 0.0288. The monoisotopic (exact) mass is 339 g/mol. The first-order chi connectivity index (χ1) is 11.1. The summed E-state index contributed by atoms with van der Waals surface area (Å²) in [6, 6.07) is -0.341. The third-order valence-corrected chi connectivity index (χ3v) is 3.56. The summed E-state index contributed by atoms with van der Waals surface area (Å²) in [5.41, 5.74) is 3.35. The van der Waals surface area contributed by atoms with Crippen LogP contribution in [0.3, 0.4) is 0 Å². The molecule has 0 aromatic carbocycles. The first-order valence-electron chi connectivity index (χ1n) is 7.43. The van der Waals surface area contributed by atoms with Crippen molar-refractivity contribution in [1.29, 1.82) is 0 Å². The van der Waals surface area contributed by atoms with Crippen molar-refractivity contribution in [1.82, 2.24) is 14.5 Å². The van der Waals surface area contributed by atoms with E-state index in [2.05, 4.69) is 10.1 Å². The number of oxime groups is 1. The quantitative estimate of drug-likeness (QED) is 0.295. The number of likely N-dealkylation sites (tertiary alicyclic amines) is 1. The van der Waals surface area contributed by atoms with Crippen molar-refractivity contribution in [2.45, 2.75) is 38.8 Å². The number of amidine groups is 1. The Morgan fingerprint density at radius 3 is 2.71 bits per heavy atom. The molecule has 1 aliphatic heterocycles. The van der Waals surface area contributed by atoms with Crippen molar-refractivity contribution in [3.8, 4) is 0 Å². The molecule has 10 nitrogen and oxygen atoms in total. The number of carbonyl (C=O) groups excluding carboxylic acids is 1. The van der Waals surface area contributed by atoms with Crippen LogP contribution >= 0.6 is 0 Å². The van der Waals surface area contributed by atoms with Crippen LogP contribution in [0, 0.1) is 0 Å². The van der Waals surface area contributed by atoms with E-state index in [-0.39, 0.29) is 18.2 Å². The summed E-state index contributed by atoms with van der Waals surface area (Å²) in [4.78, 5) is 39.4. The predicted octanol–water partition coefficient (Wildman–Crippen LogP) is -0.187. The van der Waals surface area contributed by atoms with Gasteiger partial charge in [-0.1, -0.05) is 5.16 Å². The van der Waals surface area contributed by atoms with Gasteiger partial charge in [-0.3, -0.25) is 14.3 Å². The minimum atomic E-state index is -0.742. The molecule has 1 aliphatic rings. The Morgan fingerprint density at radius 1 is 1.46 bits per heavy atom. The maximum absolute atomic E-state index is 12.1. The zero-order chi connectivity index (χ0) is 18.1. The molecule has 0 unspecified atom stereocenters. The number of ether oxygens (including phenoxy) is 1. The number of H-pyrrole nitrogens is 1. The van der Waals surface area contributed by atoms with Gasteiger partial charge in [-0.15, -0.1) is 0 Å². The van der Waals surface area contributed by atoms with Crippen LogP contribution in [-0.4, -0.2) is 50.3 Å². The van der Waals surface area contributed by atoms with Gasteiger partial charge in [-0.2, -0.15) is 0 Å². The first-order valence-corrected chi connectivity index (χ1v) is 7.43. The van der Waals surface area contributed by atoms with Crippen molar-refractivity contribution < 1.29 is 14.7 Å². The van der Waals surface area contributed by atoms with E-state index in [4.69, 9.17) is 15.7 Å². The van der Waals surface area contributed by atoms with Crippen LogP contribution in [0.1, 0.15) is 38.8 Å². The minimum absolute atomic E-state index is 0.118. The van der Waals surface area contributed by atoms with Gasteiger partial charge in [0.05, 0.1) is 6.04 Å². The molecule has 1 atom stereocenters. The van der Waals surface area contributed by atoms with Crippen LogP contribution in [0.2, 0.25) is 0 Å². The van der Waals surface area contributed by atoms with E-state index in [1.165, 1.54) is 15.7 Å². The van der Waals surface area contributed by atoms with E-state index >= 15 is 0 Å². The average Bonchev–Trinajstić information content (AvgIpc) is 2.94. The number of amides is 1. The Balaban J connectivity index is 2.24. The van der Waals surface area contributed by atoms with Crippen LogP contribution < -0.4 is 17.0 Å². The molecule has 24 heavy (non-hydrogen) atoms. The summed E-state index contributed by atoms with van der Waals surface area (Å²) in [5.74, 6) is -0.396. The molecule has 1 saturated heterocycles. The lowest BCUT2D eigenvalue weighted by Gasteiger charge is -2.24. The lowest BCUT2D eigenvalue weighted by Crippen LogP contribution is -2.39. The summed E-state index contributed by atoms with van der Waals surface area (Å²) >= 11 is 0. The second kappa shape index (κ2) is 6.38. The maximum Gasteiger partial charge on any atom is 0.410 e. The molecule has 2 heterocycles. The normalized spacial score (nSPS) is 18.7. The standard InChI is InChI=1S/C14H21N5O5/c1-14(2,3)24-13(22)18-5-4-8(6-18)19-7-9(10(15)17-23)11(20)16-12(19)21/h7-8,23H,4-6H2,1-3H3,(H2,15,17)(H,16,20,21)/t8-/m0/s1. The molecule has 1 fully saturated rings. The number of rotatable bonds is 2. The van der Waals surface area contributed by atoms with Crippen LogP contribution in [-0.2, 0) is 4.74 Å². The molecule has 0 spiro atoms. The summed E-state index contributed by atoms with van der Waals surface area (Å²) in [5, 5.41) is 11.5. The van der Waals surface area contributed by atoms with Crippen molar-refractivity contribution in [2.24, 2.45) is 10.9 Å². The highest BCUT2D eigenvalue weighted by Crippen LogP contribution is 2.22. The second-order valence-electron chi connectivity index (χ2n) is 6.56. The molecule has 1 amide bonds.